The maximum absolute atomic E-state index is 4.57. The lowest BCUT2D eigenvalue weighted by molar-refractivity contribution is 0.422. The van der Waals surface area contributed by atoms with E-state index in [9.17, 15) is 0 Å². The first-order valence-electron chi connectivity index (χ1n) is 7.45. The molecule has 1 atom stereocenters. The summed E-state index contributed by atoms with van der Waals surface area (Å²) in [6, 6.07) is 0.498. The maximum atomic E-state index is 4.57. The molecule has 0 aliphatic carbocycles. The zero-order chi connectivity index (χ0) is 14.7. The molecule has 0 bridgehead atoms. The largest absolute Gasteiger partial charge is 0.314 e. The molecule has 2 rings (SSSR count). The van der Waals surface area contributed by atoms with Gasteiger partial charge in [-0.3, -0.25) is 0 Å². The molecule has 2 aromatic rings. The van der Waals surface area contributed by atoms with Crippen LogP contribution in [0, 0.1) is 19.8 Å². The third kappa shape index (κ3) is 3.36. The van der Waals surface area contributed by atoms with Crippen molar-refractivity contribution in [2.24, 2.45) is 5.92 Å². The van der Waals surface area contributed by atoms with Crippen molar-refractivity contribution in [2.75, 3.05) is 6.54 Å². The summed E-state index contributed by atoms with van der Waals surface area (Å²) in [6.07, 6.45) is 3.88. The molecule has 4 heteroatoms. The molecule has 2 aromatic heterocycles. The topological polar surface area (TPSA) is 37.8 Å². The molecule has 1 unspecified atom stereocenters. The molecule has 0 radical (unpaired) electrons. The highest BCUT2D eigenvalue weighted by Crippen LogP contribution is 2.30. The first-order chi connectivity index (χ1) is 9.52. The summed E-state index contributed by atoms with van der Waals surface area (Å²) in [6.45, 7) is 12.1. The molecule has 0 saturated heterocycles. The van der Waals surface area contributed by atoms with Crippen LogP contribution in [0.5, 0.6) is 0 Å². The fourth-order valence-electron chi connectivity index (χ4n) is 2.74. The Morgan fingerprint density at radius 2 is 2.00 bits per heavy atom. The summed E-state index contributed by atoms with van der Waals surface area (Å²) in [7, 11) is 0. The van der Waals surface area contributed by atoms with Gasteiger partial charge in [0.15, 0.2) is 0 Å². The van der Waals surface area contributed by atoms with E-state index in [-0.39, 0.29) is 0 Å². The molecule has 0 aliphatic heterocycles. The second kappa shape index (κ2) is 6.64. The van der Waals surface area contributed by atoms with Crippen LogP contribution in [0.15, 0.2) is 6.33 Å². The minimum Gasteiger partial charge on any atom is -0.314 e. The van der Waals surface area contributed by atoms with Gasteiger partial charge in [0, 0.05) is 22.7 Å². The highest BCUT2D eigenvalue weighted by atomic mass is 32.1. The van der Waals surface area contributed by atoms with Gasteiger partial charge in [0.2, 0.25) is 0 Å². The van der Waals surface area contributed by atoms with Crippen molar-refractivity contribution in [2.45, 2.75) is 53.5 Å². The van der Waals surface area contributed by atoms with Crippen LogP contribution in [-0.2, 0) is 6.42 Å². The highest BCUT2D eigenvalue weighted by Gasteiger charge is 2.16. The number of hydrogen-bond donors (Lipinski definition) is 1. The summed E-state index contributed by atoms with van der Waals surface area (Å²) >= 11 is 1.78. The number of thiophene rings is 1. The second-order valence-corrected chi connectivity index (χ2v) is 7.08. The van der Waals surface area contributed by atoms with E-state index in [1.807, 2.05) is 0 Å². The predicted octanol–water partition coefficient (Wildman–Crippen LogP) is 3.87. The van der Waals surface area contributed by atoms with Crippen molar-refractivity contribution < 1.29 is 0 Å². The molecule has 1 N–H and O–H groups in total. The second-order valence-electron chi connectivity index (χ2n) is 5.87. The Labute approximate surface area is 125 Å². The van der Waals surface area contributed by atoms with Gasteiger partial charge >= 0.3 is 0 Å². The van der Waals surface area contributed by atoms with Crippen LogP contribution >= 0.6 is 11.3 Å². The Bertz CT molecular complexity index is 574. The molecule has 0 amide bonds. The number of rotatable bonds is 6. The maximum Gasteiger partial charge on any atom is 0.127 e. The lowest BCUT2D eigenvalue weighted by Crippen LogP contribution is -2.32. The van der Waals surface area contributed by atoms with E-state index in [4.69, 9.17) is 0 Å². The van der Waals surface area contributed by atoms with Crippen molar-refractivity contribution in [3.05, 3.63) is 22.5 Å². The van der Waals surface area contributed by atoms with E-state index in [1.54, 1.807) is 17.7 Å². The van der Waals surface area contributed by atoms with E-state index in [2.05, 4.69) is 49.9 Å². The van der Waals surface area contributed by atoms with Gasteiger partial charge in [-0.25, -0.2) is 9.97 Å². The van der Waals surface area contributed by atoms with E-state index in [0.717, 1.165) is 17.8 Å². The van der Waals surface area contributed by atoms with Crippen LogP contribution in [-0.4, -0.2) is 22.6 Å². The molecule has 0 saturated carbocycles. The first kappa shape index (κ1) is 15.4. The Balaban J connectivity index is 2.31. The molecule has 0 aliphatic rings. The number of aromatic nitrogens is 2. The molecule has 20 heavy (non-hydrogen) atoms. The van der Waals surface area contributed by atoms with Gasteiger partial charge in [-0.05, 0) is 38.3 Å². The van der Waals surface area contributed by atoms with Crippen LogP contribution in [0.3, 0.4) is 0 Å². The number of nitrogens with one attached hydrogen (secondary N) is 1. The molecular weight excluding hydrogens is 266 g/mol. The average Bonchev–Trinajstić information content (AvgIpc) is 2.66. The molecule has 0 aromatic carbocycles. The molecule has 3 nitrogen and oxygen atoms in total. The van der Waals surface area contributed by atoms with Crippen LogP contribution in [0.25, 0.3) is 10.2 Å². The van der Waals surface area contributed by atoms with Crippen molar-refractivity contribution in [3.63, 3.8) is 0 Å². The fraction of sp³-hybridized carbons (Fsp3) is 0.625. The van der Waals surface area contributed by atoms with Gasteiger partial charge in [-0.2, -0.15) is 0 Å². The normalized spacial score (nSPS) is 13.3. The summed E-state index contributed by atoms with van der Waals surface area (Å²) in [5.41, 5.74) is 2.55. The van der Waals surface area contributed by atoms with Gasteiger partial charge in [-0.1, -0.05) is 20.8 Å². The number of hydrogen-bond acceptors (Lipinski definition) is 4. The number of nitrogens with zero attached hydrogens (tertiary/aromatic N) is 2. The third-order valence-electron chi connectivity index (χ3n) is 3.73. The van der Waals surface area contributed by atoms with Crippen molar-refractivity contribution in [3.8, 4) is 0 Å². The lowest BCUT2D eigenvalue weighted by atomic mass is 9.98. The van der Waals surface area contributed by atoms with Gasteiger partial charge in [0.05, 0.1) is 5.69 Å². The Kier molecular flexibility index (Phi) is 5.11. The molecule has 0 fully saturated rings. The fourth-order valence-corrected chi connectivity index (χ4v) is 3.76. The molecular formula is C16H25N3S. The van der Waals surface area contributed by atoms with Crippen LogP contribution < -0.4 is 5.32 Å². The third-order valence-corrected chi connectivity index (χ3v) is 4.85. The van der Waals surface area contributed by atoms with Crippen molar-refractivity contribution >= 4 is 21.6 Å². The van der Waals surface area contributed by atoms with Crippen molar-refractivity contribution in [1.29, 1.82) is 0 Å². The summed E-state index contributed by atoms with van der Waals surface area (Å²) in [5, 5.41) is 4.88. The molecule has 110 valence electrons. The average molecular weight is 291 g/mol. The minimum atomic E-state index is 0.498. The van der Waals surface area contributed by atoms with Gasteiger partial charge in [-0.15, -0.1) is 11.3 Å². The van der Waals surface area contributed by atoms with Gasteiger partial charge in [0.25, 0.3) is 0 Å². The number of likely N-dealkylation sites (N-methyl/N-ethyl adjacent to an activating group) is 1. The quantitative estimate of drug-likeness (QED) is 0.878. The van der Waals surface area contributed by atoms with Crippen molar-refractivity contribution in [1.82, 2.24) is 15.3 Å². The SMILES string of the molecule is CCNC(Cc1ncnc2sc(C)c(C)c12)CC(C)C. The lowest BCUT2D eigenvalue weighted by Gasteiger charge is -2.20. The zero-order valence-corrected chi connectivity index (χ0v) is 14.0. The van der Waals surface area contributed by atoms with E-state index >= 15 is 0 Å². The van der Waals surface area contributed by atoms with Crippen LogP contribution in [0.1, 0.15) is 43.3 Å². The number of fused-ring (bicyclic) bond motifs is 1. The van der Waals surface area contributed by atoms with Gasteiger partial charge < -0.3 is 5.32 Å². The van der Waals surface area contributed by atoms with E-state index in [1.165, 1.54) is 27.9 Å². The Hall–Kier alpha value is -1.00. The van der Waals surface area contributed by atoms with E-state index in [0.29, 0.717) is 12.0 Å². The smallest absolute Gasteiger partial charge is 0.127 e. The molecule has 0 spiro atoms. The van der Waals surface area contributed by atoms with E-state index < -0.39 is 0 Å². The molecule has 2 heterocycles. The Morgan fingerprint density at radius 3 is 2.65 bits per heavy atom. The standard InChI is InChI=1S/C16H25N3S/c1-6-17-13(7-10(2)3)8-14-15-11(4)12(5)20-16(15)19-9-18-14/h9-10,13,17H,6-8H2,1-5H3. The summed E-state index contributed by atoms with van der Waals surface area (Å²) < 4.78 is 0. The Morgan fingerprint density at radius 1 is 1.25 bits per heavy atom. The van der Waals surface area contributed by atoms with Crippen LogP contribution in [0.4, 0.5) is 0 Å². The zero-order valence-electron chi connectivity index (χ0n) is 13.2. The predicted molar refractivity (Wildman–Crippen MR) is 87.5 cm³/mol. The van der Waals surface area contributed by atoms with Crippen LogP contribution in [0.2, 0.25) is 0 Å². The monoisotopic (exact) mass is 291 g/mol. The summed E-state index contributed by atoms with van der Waals surface area (Å²) in [4.78, 5) is 11.5. The first-order valence-corrected chi connectivity index (χ1v) is 8.27. The van der Waals surface area contributed by atoms with Gasteiger partial charge in [0.1, 0.15) is 11.2 Å². The number of aryl methyl sites for hydroxylation is 2. The minimum absolute atomic E-state index is 0.498. The summed E-state index contributed by atoms with van der Waals surface area (Å²) in [5.74, 6) is 0.696. The highest BCUT2D eigenvalue weighted by molar-refractivity contribution is 7.18.